The quantitative estimate of drug-likeness (QED) is 0.301. The molecular formula is C28H24F7N3O3. The number of halogens is 7. The Kier molecular flexibility index (Phi) is 7.43. The summed E-state index contributed by atoms with van der Waals surface area (Å²) >= 11 is 0. The highest BCUT2D eigenvalue weighted by molar-refractivity contribution is 5.97. The van der Waals surface area contributed by atoms with Crippen molar-refractivity contribution in [1.29, 1.82) is 0 Å². The van der Waals surface area contributed by atoms with Crippen molar-refractivity contribution in [3.63, 3.8) is 0 Å². The Bertz CT molecular complexity index is 1430. The number of alkyl halides is 6. The third kappa shape index (κ3) is 5.85. The molecule has 0 aliphatic carbocycles. The van der Waals surface area contributed by atoms with Crippen LogP contribution < -0.4 is 0 Å². The summed E-state index contributed by atoms with van der Waals surface area (Å²) in [6, 6.07) is 6.26. The van der Waals surface area contributed by atoms with Gasteiger partial charge < -0.3 is 14.2 Å². The largest absolute Gasteiger partial charge is 0.416 e. The molecule has 5 rings (SSSR count). The first-order chi connectivity index (χ1) is 19.2. The minimum atomic E-state index is -5.01. The Morgan fingerprint density at radius 2 is 1.68 bits per heavy atom. The van der Waals surface area contributed by atoms with Gasteiger partial charge in [-0.05, 0) is 54.8 Å². The summed E-state index contributed by atoms with van der Waals surface area (Å²) in [6.45, 7) is 3.20. The smallest absolute Gasteiger partial charge is 0.368 e. The number of nitrogens with zero attached hydrogens (tertiary/aromatic N) is 3. The second kappa shape index (κ2) is 10.6. The Labute approximate surface area is 229 Å². The van der Waals surface area contributed by atoms with Gasteiger partial charge in [-0.15, -0.1) is 0 Å². The van der Waals surface area contributed by atoms with Crippen LogP contribution in [-0.4, -0.2) is 39.6 Å². The van der Waals surface area contributed by atoms with Crippen molar-refractivity contribution in [3.8, 4) is 0 Å². The number of hydrogen-bond donors (Lipinski definition) is 0. The molecule has 4 atom stereocenters. The Balaban J connectivity index is 1.49. The first kappa shape index (κ1) is 28.8. The molecule has 0 radical (unpaired) electrons. The highest BCUT2D eigenvalue weighted by atomic mass is 19.4. The normalized spacial score (nSPS) is 22.1. The Morgan fingerprint density at radius 1 is 1.05 bits per heavy atom. The molecule has 2 aliphatic rings. The lowest BCUT2D eigenvalue weighted by Gasteiger charge is -2.32. The summed E-state index contributed by atoms with van der Waals surface area (Å²) < 4.78 is 106. The average molecular weight is 584 g/mol. The topological polar surface area (TPSA) is 68.5 Å². The van der Waals surface area contributed by atoms with Gasteiger partial charge >= 0.3 is 12.4 Å². The van der Waals surface area contributed by atoms with E-state index in [-0.39, 0.29) is 30.5 Å². The van der Waals surface area contributed by atoms with Crippen molar-refractivity contribution in [2.45, 2.75) is 63.2 Å². The van der Waals surface area contributed by atoms with E-state index in [0.29, 0.717) is 35.5 Å². The lowest BCUT2D eigenvalue weighted by Crippen LogP contribution is -2.39. The van der Waals surface area contributed by atoms with E-state index in [4.69, 9.17) is 9.26 Å². The summed E-state index contributed by atoms with van der Waals surface area (Å²) in [6.07, 6.45) is -9.94. The predicted molar refractivity (Wildman–Crippen MR) is 131 cm³/mol. The van der Waals surface area contributed by atoms with Gasteiger partial charge in [0, 0.05) is 36.6 Å². The minimum Gasteiger partial charge on any atom is -0.368 e. The monoisotopic (exact) mass is 583 g/mol. The highest BCUT2D eigenvalue weighted by Crippen LogP contribution is 2.45. The third-order valence-corrected chi connectivity index (χ3v) is 7.37. The molecule has 218 valence electrons. The molecule has 3 aromatic rings. The van der Waals surface area contributed by atoms with Gasteiger partial charge in [-0.1, -0.05) is 24.2 Å². The van der Waals surface area contributed by atoms with Gasteiger partial charge in [0.1, 0.15) is 5.82 Å². The molecule has 13 heteroatoms. The van der Waals surface area contributed by atoms with Crippen LogP contribution in [0.5, 0.6) is 0 Å². The van der Waals surface area contributed by atoms with Crippen LogP contribution in [-0.2, 0) is 28.3 Å². The number of aryl methyl sites for hydroxylation is 1. The summed E-state index contributed by atoms with van der Waals surface area (Å²) in [4.78, 5) is 19.0. The lowest BCUT2D eigenvalue weighted by atomic mass is 9.85. The van der Waals surface area contributed by atoms with Crippen LogP contribution in [0, 0.1) is 5.82 Å². The summed E-state index contributed by atoms with van der Waals surface area (Å²) in [5, 5.41) is 3.87. The van der Waals surface area contributed by atoms with Crippen LogP contribution in [0.2, 0.25) is 0 Å². The van der Waals surface area contributed by atoms with Gasteiger partial charge in [0.2, 0.25) is 5.91 Å². The molecule has 6 nitrogen and oxygen atoms in total. The van der Waals surface area contributed by atoms with Crippen molar-refractivity contribution in [1.82, 2.24) is 15.0 Å². The number of amides is 1. The third-order valence-electron chi connectivity index (χ3n) is 7.37. The molecule has 0 spiro atoms. The number of carbonyl (C=O) groups excluding carboxylic acids is 1. The van der Waals surface area contributed by atoms with Crippen LogP contribution in [0.15, 0.2) is 53.1 Å². The second-order valence-corrected chi connectivity index (χ2v) is 10.0. The van der Waals surface area contributed by atoms with E-state index in [1.165, 1.54) is 42.2 Å². The molecule has 1 fully saturated rings. The zero-order valence-electron chi connectivity index (χ0n) is 21.8. The molecule has 41 heavy (non-hydrogen) atoms. The summed E-state index contributed by atoms with van der Waals surface area (Å²) in [5.74, 6) is -0.860. The van der Waals surface area contributed by atoms with Gasteiger partial charge in [-0.3, -0.25) is 4.79 Å². The van der Waals surface area contributed by atoms with E-state index in [9.17, 15) is 35.5 Å². The van der Waals surface area contributed by atoms with Crippen molar-refractivity contribution in [3.05, 3.63) is 88.3 Å². The van der Waals surface area contributed by atoms with E-state index < -0.39 is 59.4 Å². The van der Waals surface area contributed by atoms with Gasteiger partial charge in [-0.25, -0.2) is 4.39 Å². The first-order valence-corrected chi connectivity index (χ1v) is 12.8. The zero-order valence-corrected chi connectivity index (χ0v) is 21.8. The minimum absolute atomic E-state index is 0.00873. The van der Waals surface area contributed by atoms with Crippen LogP contribution >= 0.6 is 0 Å². The van der Waals surface area contributed by atoms with E-state index in [0.717, 1.165) is 0 Å². The predicted octanol–water partition coefficient (Wildman–Crippen LogP) is 6.74. The van der Waals surface area contributed by atoms with Crippen molar-refractivity contribution < 1.29 is 44.8 Å². The summed E-state index contributed by atoms with van der Waals surface area (Å²) in [7, 11) is 0. The maximum Gasteiger partial charge on any atom is 0.416 e. The number of fused-ring (bicyclic) bond motifs is 1. The number of ether oxygens (including phenoxy) is 1. The number of benzene rings is 2. The van der Waals surface area contributed by atoms with E-state index in [1.54, 1.807) is 0 Å². The molecule has 2 unspecified atom stereocenters. The van der Waals surface area contributed by atoms with Crippen molar-refractivity contribution in [2.75, 3.05) is 6.54 Å². The number of carbonyl (C=O) groups is 1. The van der Waals surface area contributed by atoms with Crippen LogP contribution in [0.3, 0.4) is 0 Å². The molecule has 2 aliphatic heterocycles. The van der Waals surface area contributed by atoms with E-state index in [1.807, 2.05) is 6.92 Å². The molecular weight excluding hydrogens is 559 g/mol. The van der Waals surface area contributed by atoms with E-state index >= 15 is 0 Å². The molecule has 1 amide bonds. The Hall–Kier alpha value is -3.74. The molecule has 0 bridgehead atoms. The van der Waals surface area contributed by atoms with Gasteiger partial charge in [0.15, 0.2) is 5.82 Å². The highest BCUT2D eigenvalue weighted by Gasteiger charge is 2.48. The maximum atomic E-state index is 13.8. The molecule has 2 aromatic carbocycles. The average Bonchev–Trinajstić information content (AvgIpc) is 3.53. The number of hydrogen-bond acceptors (Lipinski definition) is 5. The van der Waals surface area contributed by atoms with Crippen molar-refractivity contribution >= 4 is 11.5 Å². The Morgan fingerprint density at radius 3 is 2.24 bits per heavy atom. The van der Waals surface area contributed by atoms with Crippen molar-refractivity contribution in [2.24, 2.45) is 0 Å². The standard InChI is InChI=1S/C28H24F7N3O3/c1-3-23-36-26(41-37-23)17-10-21-25(15-4-6-20(29)7-5-15)22(13-38(21)24(39)11-17)40-14(2)16-8-18(27(30,31)32)12-19(9-16)28(33,34)35/h4-9,11-12,14,21-22,25H,3,10,13H2,1-2H3/t14-,21?,22?,25+/m1/s1. The van der Waals surface area contributed by atoms with Crippen LogP contribution in [0.25, 0.3) is 5.57 Å². The van der Waals surface area contributed by atoms with Gasteiger partial charge in [-0.2, -0.15) is 31.3 Å². The fourth-order valence-corrected chi connectivity index (χ4v) is 5.37. The maximum absolute atomic E-state index is 13.8. The molecule has 0 N–H and O–H groups in total. The van der Waals surface area contributed by atoms with E-state index in [2.05, 4.69) is 10.1 Å². The van der Waals surface area contributed by atoms with Crippen LogP contribution in [0.4, 0.5) is 30.7 Å². The fraction of sp³-hybridized carbons (Fsp3) is 0.393. The molecule has 0 saturated carbocycles. The number of aromatic nitrogens is 2. The second-order valence-electron chi connectivity index (χ2n) is 10.0. The molecule has 1 saturated heterocycles. The SMILES string of the molecule is CCc1noc(C2=CC(=O)N3CC(O[C@H](C)c4cc(C(F)(F)F)cc(C(F)(F)F)c4)[C@@H](c4ccc(F)cc4)C3C2)n1. The van der Waals surface area contributed by atoms with Gasteiger partial charge in [0.05, 0.1) is 23.3 Å². The molecule has 3 heterocycles. The first-order valence-electron chi connectivity index (χ1n) is 12.8. The summed E-state index contributed by atoms with van der Waals surface area (Å²) in [5.41, 5.74) is -2.15. The molecule has 1 aromatic heterocycles. The van der Waals surface area contributed by atoms with Gasteiger partial charge in [0.25, 0.3) is 5.89 Å². The fourth-order valence-electron chi connectivity index (χ4n) is 5.37. The lowest BCUT2D eigenvalue weighted by molar-refractivity contribution is -0.143. The van der Waals surface area contributed by atoms with Crippen LogP contribution in [0.1, 0.15) is 66.3 Å². The zero-order chi connectivity index (χ0) is 29.7. The number of rotatable bonds is 6.